The van der Waals surface area contributed by atoms with Crippen LogP contribution < -0.4 is 4.74 Å². The molecule has 0 saturated carbocycles. The van der Waals surface area contributed by atoms with Gasteiger partial charge < -0.3 is 4.74 Å². The Morgan fingerprint density at radius 3 is 0.647 bits per heavy atom. The summed E-state index contributed by atoms with van der Waals surface area (Å²) in [4.78, 5) is 0. The fourth-order valence-corrected chi connectivity index (χ4v) is 6.98. The van der Waals surface area contributed by atoms with Crippen LogP contribution in [0, 0.1) is 27.7 Å². The first-order chi connectivity index (χ1) is 32.4. The van der Waals surface area contributed by atoms with E-state index in [2.05, 4.69) is 234 Å². The maximum Gasteiger partial charge on any atom is 0.129 e. The zero-order valence-corrected chi connectivity index (χ0v) is 43.1. The molecule has 10 rings (SSSR count). The number of hydrogen-bond acceptors (Lipinski definition) is 1. The molecular formula is C67H88O. The summed E-state index contributed by atoms with van der Waals surface area (Å²) in [5.74, 6) is 0.992. The Balaban J connectivity index is 0. The van der Waals surface area contributed by atoms with E-state index >= 15 is 0 Å². The van der Waals surface area contributed by atoms with E-state index in [0.717, 1.165) is 5.75 Å². The fraction of sp³-hybridized carbons (Fsp3) is 0.254. The molecule has 0 heterocycles. The highest BCUT2D eigenvalue weighted by Gasteiger charge is 2.06. The molecule has 0 fully saturated rings. The van der Waals surface area contributed by atoms with E-state index in [1.165, 1.54) is 76.1 Å². The zero-order valence-electron chi connectivity index (χ0n) is 43.1. The van der Waals surface area contributed by atoms with Crippen LogP contribution in [0.1, 0.15) is 106 Å². The first kappa shape index (κ1) is 63.4. The SMILES string of the molecule is C.C.CC.CC.CC.CC.CC.COc1c(C)cc(C)c2ccccc12.Cc1ccc(C)c2ccccc12.c1ccc2ccccc2c1.c1ccc2ccccc2c1.c1ccc2ccccc2c1. The lowest BCUT2D eigenvalue weighted by Gasteiger charge is -2.10. The lowest BCUT2D eigenvalue weighted by molar-refractivity contribution is 0.416. The third-order valence-corrected chi connectivity index (χ3v) is 9.93. The minimum Gasteiger partial charge on any atom is -0.496 e. The van der Waals surface area contributed by atoms with E-state index in [-0.39, 0.29) is 14.9 Å². The Hall–Kier alpha value is -6.70. The lowest BCUT2D eigenvalue weighted by Crippen LogP contribution is -1.90. The summed E-state index contributed by atoms with van der Waals surface area (Å²) in [7, 11) is 1.73. The number of methoxy groups -OCH3 is 1. The Morgan fingerprint density at radius 1 is 0.235 bits per heavy atom. The monoisotopic (exact) mass is 909 g/mol. The second-order valence-electron chi connectivity index (χ2n) is 13.9. The van der Waals surface area contributed by atoms with Gasteiger partial charge in [-0.05, 0) is 98.4 Å². The van der Waals surface area contributed by atoms with Gasteiger partial charge in [-0.1, -0.05) is 296 Å². The molecule has 0 amide bonds. The van der Waals surface area contributed by atoms with Gasteiger partial charge in [-0.15, -0.1) is 0 Å². The maximum atomic E-state index is 5.41. The Labute approximate surface area is 415 Å². The van der Waals surface area contributed by atoms with Gasteiger partial charge in [0.2, 0.25) is 0 Å². The summed E-state index contributed by atoms with van der Waals surface area (Å²) < 4.78 is 5.41. The standard InChI is InChI=1S/C13H14O.C12H12.3C10H8.5C2H6.2CH4/c1-9-8-10(2)13(14-3)12-7-5-4-6-11(9)12;1-9-7-8-10(2)12-6-4-3-5-11(9)12;3*1-2-6-10-8-4-3-7-9(10)5-1;5*1-2;;/h4-8H,1-3H3;3-8H,1-2H3;3*1-8H;5*1-2H3;2*1H4. The zero-order chi connectivity index (χ0) is 49.1. The lowest BCUT2D eigenvalue weighted by atomic mass is 10.0. The number of benzene rings is 10. The quantitative estimate of drug-likeness (QED) is 0.159. The molecule has 0 atom stereocenters. The average molecular weight is 909 g/mol. The van der Waals surface area contributed by atoms with Crippen molar-refractivity contribution in [3.8, 4) is 5.75 Å². The highest BCUT2D eigenvalue weighted by Crippen LogP contribution is 2.31. The largest absolute Gasteiger partial charge is 0.496 e. The summed E-state index contributed by atoms with van der Waals surface area (Å²) in [5.41, 5.74) is 5.22. The van der Waals surface area contributed by atoms with E-state index in [9.17, 15) is 0 Å². The fourth-order valence-electron chi connectivity index (χ4n) is 6.98. The predicted octanol–water partition coefficient (Wildman–Crippen LogP) is 21.8. The molecule has 362 valence electrons. The second-order valence-corrected chi connectivity index (χ2v) is 13.9. The van der Waals surface area contributed by atoms with Gasteiger partial charge in [-0.3, -0.25) is 0 Å². The Morgan fingerprint density at radius 2 is 0.426 bits per heavy atom. The molecule has 0 N–H and O–H groups in total. The van der Waals surface area contributed by atoms with Gasteiger partial charge in [0.05, 0.1) is 7.11 Å². The third-order valence-electron chi connectivity index (χ3n) is 9.93. The van der Waals surface area contributed by atoms with Crippen LogP contribution in [-0.2, 0) is 0 Å². The van der Waals surface area contributed by atoms with Crippen molar-refractivity contribution < 1.29 is 4.74 Å². The van der Waals surface area contributed by atoms with Crippen LogP contribution in [0.4, 0.5) is 0 Å². The number of fused-ring (bicyclic) bond motifs is 5. The van der Waals surface area contributed by atoms with Crippen molar-refractivity contribution >= 4 is 53.9 Å². The maximum absolute atomic E-state index is 5.41. The van der Waals surface area contributed by atoms with Crippen molar-refractivity contribution in [2.24, 2.45) is 0 Å². The second kappa shape index (κ2) is 38.4. The highest BCUT2D eigenvalue weighted by molar-refractivity contribution is 5.92. The number of ether oxygens (including phenoxy) is 1. The molecule has 0 radical (unpaired) electrons. The van der Waals surface area contributed by atoms with Crippen molar-refractivity contribution in [1.82, 2.24) is 0 Å². The van der Waals surface area contributed by atoms with Gasteiger partial charge in [-0.25, -0.2) is 0 Å². The van der Waals surface area contributed by atoms with Crippen molar-refractivity contribution in [1.29, 1.82) is 0 Å². The molecule has 10 aromatic carbocycles. The normalized spacial score (nSPS) is 8.87. The van der Waals surface area contributed by atoms with Crippen LogP contribution in [0.5, 0.6) is 5.75 Å². The molecular weight excluding hydrogens is 821 g/mol. The summed E-state index contributed by atoms with van der Waals surface area (Å²) in [6.45, 7) is 28.5. The smallest absolute Gasteiger partial charge is 0.129 e. The van der Waals surface area contributed by atoms with Gasteiger partial charge in [0.1, 0.15) is 5.75 Å². The number of aryl methyl sites for hydroxylation is 4. The first-order valence-corrected chi connectivity index (χ1v) is 24.2. The minimum absolute atomic E-state index is 0. The van der Waals surface area contributed by atoms with E-state index < -0.39 is 0 Å². The van der Waals surface area contributed by atoms with Crippen LogP contribution >= 0.6 is 0 Å². The molecule has 0 spiro atoms. The molecule has 1 heteroatoms. The first-order valence-electron chi connectivity index (χ1n) is 24.2. The Bertz CT molecular complexity index is 2390. The molecule has 68 heavy (non-hydrogen) atoms. The molecule has 10 aromatic rings. The van der Waals surface area contributed by atoms with E-state index in [0.29, 0.717) is 0 Å². The average Bonchev–Trinajstić information content (AvgIpc) is 3.41. The highest BCUT2D eigenvalue weighted by atomic mass is 16.5. The van der Waals surface area contributed by atoms with Crippen molar-refractivity contribution in [3.63, 3.8) is 0 Å². The topological polar surface area (TPSA) is 9.23 Å². The summed E-state index contributed by atoms with van der Waals surface area (Å²) >= 11 is 0. The molecule has 0 aliphatic rings. The molecule has 1 nitrogen and oxygen atoms in total. The molecule has 0 bridgehead atoms. The summed E-state index contributed by atoms with van der Waals surface area (Å²) in [5, 5.41) is 13.1. The van der Waals surface area contributed by atoms with Crippen molar-refractivity contribution in [2.75, 3.05) is 7.11 Å². The van der Waals surface area contributed by atoms with Gasteiger partial charge in [-0.2, -0.15) is 0 Å². The van der Waals surface area contributed by atoms with Crippen molar-refractivity contribution in [3.05, 3.63) is 235 Å². The number of hydrogen-bond donors (Lipinski definition) is 0. The Kier molecular flexibility index (Phi) is 35.8. The van der Waals surface area contributed by atoms with E-state index in [4.69, 9.17) is 4.74 Å². The molecule has 0 saturated heterocycles. The van der Waals surface area contributed by atoms with Crippen LogP contribution in [-0.4, -0.2) is 7.11 Å². The molecule has 0 aliphatic heterocycles. The van der Waals surface area contributed by atoms with E-state index in [1.54, 1.807) is 7.11 Å². The van der Waals surface area contributed by atoms with Gasteiger partial charge in [0, 0.05) is 5.39 Å². The minimum atomic E-state index is 0. The van der Waals surface area contributed by atoms with Gasteiger partial charge in [0.25, 0.3) is 0 Å². The van der Waals surface area contributed by atoms with Crippen LogP contribution in [0.3, 0.4) is 0 Å². The summed E-state index contributed by atoms with van der Waals surface area (Å²) in [6.07, 6.45) is 0. The van der Waals surface area contributed by atoms with E-state index in [1.807, 2.05) is 75.3 Å². The van der Waals surface area contributed by atoms with Gasteiger partial charge in [0.15, 0.2) is 0 Å². The van der Waals surface area contributed by atoms with Crippen LogP contribution in [0.15, 0.2) is 212 Å². The van der Waals surface area contributed by atoms with Gasteiger partial charge >= 0.3 is 0 Å². The third kappa shape index (κ3) is 20.0. The van der Waals surface area contributed by atoms with Crippen LogP contribution in [0.2, 0.25) is 0 Å². The predicted molar refractivity (Wildman–Crippen MR) is 315 cm³/mol. The molecule has 0 unspecified atom stereocenters. The molecule has 0 aromatic heterocycles. The summed E-state index contributed by atoms with van der Waals surface area (Å²) in [6, 6.07) is 73.5. The number of rotatable bonds is 1. The molecule has 0 aliphatic carbocycles. The van der Waals surface area contributed by atoms with Crippen molar-refractivity contribution in [2.45, 2.75) is 112 Å². The van der Waals surface area contributed by atoms with Crippen LogP contribution in [0.25, 0.3) is 53.9 Å².